The molecule has 4 heteroatoms. The van der Waals surface area contributed by atoms with Crippen LogP contribution in [0.1, 0.15) is 30.9 Å². The Morgan fingerprint density at radius 3 is 2.69 bits per heavy atom. The second kappa shape index (κ2) is 9.41. The molecule has 0 radical (unpaired) electrons. The Bertz CT molecular complexity index is 718. The molecule has 0 bridgehead atoms. The van der Waals surface area contributed by atoms with Crippen LogP contribution in [0.25, 0.3) is 0 Å². The fourth-order valence-electron chi connectivity index (χ4n) is 2.86. The van der Waals surface area contributed by atoms with E-state index >= 15 is 0 Å². The minimum Gasteiger partial charge on any atom is -0.508 e. The van der Waals surface area contributed by atoms with Crippen molar-refractivity contribution in [3.05, 3.63) is 71.3 Å². The van der Waals surface area contributed by atoms with Crippen LogP contribution in [0.4, 0.5) is 0 Å². The lowest BCUT2D eigenvalue weighted by atomic mass is 10.1. The Morgan fingerprint density at radius 1 is 1.15 bits per heavy atom. The summed E-state index contributed by atoms with van der Waals surface area (Å²) in [4.78, 5) is 0. The number of allylic oxidation sites excluding steroid dienone is 2. The lowest BCUT2D eigenvalue weighted by Gasteiger charge is -2.10. The van der Waals surface area contributed by atoms with Crippen LogP contribution >= 0.6 is 0 Å². The molecule has 0 spiro atoms. The predicted molar refractivity (Wildman–Crippen MR) is 101 cm³/mol. The van der Waals surface area contributed by atoms with Crippen molar-refractivity contribution in [2.45, 2.75) is 39.1 Å². The molecule has 2 aromatic carbocycles. The zero-order valence-corrected chi connectivity index (χ0v) is 15.2. The second-order valence-electron chi connectivity index (χ2n) is 6.53. The molecule has 0 aliphatic carbocycles. The molecular formula is C22H26O4. The van der Waals surface area contributed by atoms with Gasteiger partial charge in [0, 0.05) is 12.0 Å². The summed E-state index contributed by atoms with van der Waals surface area (Å²) in [5.41, 5.74) is 3.25. The van der Waals surface area contributed by atoms with E-state index in [1.807, 2.05) is 36.4 Å². The van der Waals surface area contributed by atoms with Gasteiger partial charge in [0.25, 0.3) is 0 Å². The first-order valence-electron chi connectivity index (χ1n) is 9.08. The van der Waals surface area contributed by atoms with Gasteiger partial charge in [0.15, 0.2) is 6.29 Å². The monoisotopic (exact) mass is 354 g/mol. The number of benzene rings is 2. The first kappa shape index (κ1) is 18.5. The Kier molecular flexibility index (Phi) is 6.69. The third kappa shape index (κ3) is 5.61. The molecule has 1 heterocycles. The molecule has 1 aliphatic heterocycles. The van der Waals surface area contributed by atoms with Gasteiger partial charge in [0.05, 0.1) is 13.2 Å². The molecule has 0 atom stereocenters. The van der Waals surface area contributed by atoms with Crippen LogP contribution in [-0.2, 0) is 22.5 Å². The quantitative estimate of drug-likeness (QED) is 0.703. The average molecular weight is 354 g/mol. The van der Waals surface area contributed by atoms with Crippen LogP contribution < -0.4 is 4.74 Å². The summed E-state index contributed by atoms with van der Waals surface area (Å²) in [6.45, 7) is 4.00. The van der Waals surface area contributed by atoms with Crippen molar-refractivity contribution in [3.8, 4) is 11.5 Å². The minimum absolute atomic E-state index is 0.0681. The smallest absolute Gasteiger partial charge is 0.158 e. The summed E-state index contributed by atoms with van der Waals surface area (Å²) in [6.07, 6.45) is 4.54. The van der Waals surface area contributed by atoms with Gasteiger partial charge in [0.1, 0.15) is 18.1 Å². The van der Waals surface area contributed by atoms with Gasteiger partial charge >= 0.3 is 0 Å². The SMILES string of the molecule is C/C(=C\Cc1cc(OCc2ccccc2)ccc1O)CCC1OCCO1. The summed E-state index contributed by atoms with van der Waals surface area (Å²) in [6, 6.07) is 15.4. The summed E-state index contributed by atoms with van der Waals surface area (Å²) < 4.78 is 16.8. The van der Waals surface area contributed by atoms with Crippen molar-refractivity contribution in [3.63, 3.8) is 0 Å². The highest BCUT2D eigenvalue weighted by atomic mass is 16.7. The normalized spacial score (nSPS) is 15.3. The highest BCUT2D eigenvalue weighted by Gasteiger charge is 2.15. The van der Waals surface area contributed by atoms with Gasteiger partial charge in [-0.05, 0) is 43.5 Å². The number of phenols is 1. The minimum atomic E-state index is -0.0681. The van der Waals surface area contributed by atoms with E-state index in [1.54, 1.807) is 12.1 Å². The van der Waals surface area contributed by atoms with Gasteiger partial charge in [-0.15, -0.1) is 0 Å². The van der Waals surface area contributed by atoms with E-state index in [4.69, 9.17) is 14.2 Å². The van der Waals surface area contributed by atoms with Crippen LogP contribution in [0.5, 0.6) is 11.5 Å². The molecule has 1 N–H and O–H groups in total. The zero-order valence-electron chi connectivity index (χ0n) is 15.2. The molecule has 0 amide bonds. The highest BCUT2D eigenvalue weighted by molar-refractivity contribution is 5.40. The third-order valence-corrected chi connectivity index (χ3v) is 4.43. The molecule has 1 aliphatic rings. The van der Waals surface area contributed by atoms with Crippen molar-refractivity contribution >= 4 is 0 Å². The number of hydrogen-bond acceptors (Lipinski definition) is 4. The Labute approximate surface area is 155 Å². The summed E-state index contributed by atoms with van der Waals surface area (Å²) in [5, 5.41) is 10.1. The van der Waals surface area contributed by atoms with Gasteiger partial charge < -0.3 is 19.3 Å². The number of hydrogen-bond donors (Lipinski definition) is 1. The van der Waals surface area contributed by atoms with Crippen LogP contribution in [0, 0.1) is 0 Å². The number of aromatic hydroxyl groups is 1. The number of ether oxygens (including phenoxy) is 3. The molecule has 1 saturated heterocycles. The average Bonchev–Trinajstić information content (AvgIpc) is 3.19. The predicted octanol–water partition coefficient (Wildman–Crippen LogP) is 4.61. The van der Waals surface area contributed by atoms with Gasteiger partial charge in [0.2, 0.25) is 0 Å². The molecule has 26 heavy (non-hydrogen) atoms. The second-order valence-corrected chi connectivity index (χ2v) is 6.53. The van der Waals surface area contributed by atoms with Crippen LogP contribution in [0.3, 0.4) is 0 Å². The van der Waals surface area contributed by atoms with E-state index in [1.165, 1.54) is 5.57 Å². The molecule has 0 aromatic heterocycles. The highest BCUT2D eigenvalue weighted by Crippen LogP contribution is 2.25. The van der Waals surface area contributed by atoms with E-state index in [0.717, 1.165) is 29.7 Å². The first-order chi connectivity index (χ1) is 12.7. The topological polar surface area (TPSA) is 47.9 Å². The molecule has 3 rings (SSSR count). The maximum Gasteiger partial charge on any atom is 0.158 e. The van der Waals surface area contributed by atoms with Crippen molar-refractivity contribution in [2.75, 3.05) is 13.2 Å². The third-order valence-electron chi connectivity index (χ3n) is 4.43. The molecule has 1 fully saturated rings. The van der Waals surface area contributed by atoms with E-state index in [0.29, 0.717) is 32.0 Å². The zero-order chi connectivity index (χ0) is 18.2. The Hall–Kier alpha value is -2.30. The summed E-state index contributed by atoms with van der Waals surface area (Å²) >= 11 is 0. The van der Waals surface area contributed by atoms with Gasteiger partial charge in [-0.1, -0.05) is 42.0 Å². The van der Waals surface area contributed by atoms with Gasteiger partial charge in [-0.3, -0.25) is 0 Å². The van der Waals surface area contributed by atoms with Crippen molar-refractivity contribution in [2.24, 2.45) is 0 Å². The summed E-state index contributed by atoms with van der Waals surface area (Å²) in [5.74, 6) is 1.06. The van der Waals surface area contributed by atoms with Crippen LogP contribution in [-0.4, -0.2) is 24.6 Å². The molecule has 4 nitrogen and oxygen atoms in total. The lowest BCUT2D eigenvalue weighted by molar-refractivity contribution is -0.0461. The maximum atomic E-state index is 10.1. The van der Waals surface area contributed by atoms with E-state index in [2.05, 4.69) is 13.0 Å². The van der Waals surface area contributed by atoms with Crippen LogP contribution in [0.15, 0.2) is 60.2 Å². The van der Waals surface area contributed by atoms with E-state index in [-0.39, 0.29) is 6.29 Å². The number of rotatable bonds is 8. The first-order valence-corrected chi connectivity index (χ1v) is 9.08. The fourth-order valence-corrected chi connectivity index (χ4v) is 2.86. The Balaban J connectivity index is 1.54. The maximum absolute atomic E-state index is 10.1. The van der Waals surface area contributed by atoms with Crippen molar-refractivity contribution in [1.29, 1.82) is 0 Å². The molecule has 2 aromatic rings. The number of phenolic OH excluding ortho intramolecular Hbond substituents is 1. The van der Waals surface area contributed by atoms with Crippen LogP contribution in [0.2, 0.25) is 0 Å². The van der Waals surface area contributed by atoms with E-state index in [9.17, 15) is 5.11 Å². The van der Waals surface area contributed by atoms with Gasteiger partial charge in [-0.2, -0.15) is 0 Å². The fraction of sp³-hybridized carbons (Fsp3) is 0.364. The molecular weight excluding hydrogens is 328 g/mol. The molecule has 138 valence electrons. The standard InChI is InChI=1S/C22H26O4/c1-17(8-12-22-24-13-14-25-22)7-9-19-15-20(10-11-21(19)23)26-16-18-5-3-2-4-6-18/h2-7,10-11,15,22-23H,8-9,12-14,16H2,1H3/b17-7+. The largest absolute Gasteiger partial charge is 0.508 e. The van der Waals surface area contributed by atoms with Crippen molar-refractivity contribution in [1.82, 2.24) is 0 Å². The molecule has 0 saturated carbocycles. The lowest BCUT2D eigenvalue weighted by Crippen LogP contribution is -2.06. The Morgan fingerprint density at radius 2 is 1.92 bits per heavy atom. The van der Waals surface area contributed by atoms with Gasteiger partial charge in [-0.25, -0.2) is 0 Å². The van der Waals surface area contributed by atoms with E-state index < -0.39 is 0 Å². The van der Waals surface area contributed by atoms with Crippen molar-refractivity contribution < 1.29 is 19.3 Å². The summed E-state index contributed by atoms with van der Waals surface area (Å²) in [7, 11) is 0. The molecule has 0 unspecified atom stereocenters.